The molecule has 13 heavy (non-hydrogen) atoms. The van der Waals surface area contributed by atoms with Crippen molar-refractivity contribution >= 4 is 6.41 Å². The van der Waals surface area contributed by atoms with Crippen molar-refractivity contribution in [3.8, 4) is 0 Å². The van der Waals surface area contributed by atoms with E-state index in [2.05, 4.69) is 12.4 Å². The summed E-state index contributed by atoms with van der Waals surface area (Å²) in [5, 5.41) is 0. The standard InChI is InChI=1S/C9H19NO2.H3N/c1-2-3-4-5-6-7-8-12-10-9-11;/h9H,2-8H2,1H3,(H,10,11);1H3. The lowest BCUT2D eigenvalue weighted by Gasteiger charge is -2.00. The number of amides is 1. The Balaban J connectivity index is 0. The minimum absolute atomic E-state index is 0. The third-order valence-electron chi connectivity index (χ3n) is 1.73. The highest BCUT2D eigenvalue weighted by Crippen LogP contribution is 2.04. The van der Waals surface area contributed by atoms with Crippen LogP contribution in [0.2, 0.25) is 0 Å². The largest absolute Gasteiger partial charge is 0.344 e. The SMILES string of the molecule is CCCCCCCCONC=O.N. The van der Waals surface area contributed by atoms with Crippen LogP contribution in [0.4, 0.5) is 0 Å². The maximum absolute atomic E-state index is 9.74. The number of hydrogen-bond donors (Lipinski definition) is 2. The molecule has 1 amide bonds. The summed E-state index contributed by atoms with van der Waals surface area (Å²) in [7, 11) is 0. The Morgan fingerprint density at radius 1 is 1.15 bits per heavy atom. The highest BCUT2D eigenvalue weighted by Gasteiger charge is 1.89. The normalized spacial score (nSPS) is 9.00. The molecule has 0 atom stereocenters. The number of unbranched alkanes of at least 4 members (excludes halogenated alkanes) is 5. The molecule has 80 valence electrons. The Morgan fingerprint density at radius 2 is 1.77 bits per heavy atom. The molecular formula is C9H22N2O2. The molecule has 0 spiro atoms. The van der Waals surface area contributed by atoms with Crippen molar-refractivity contribution in [1.82, 2.24) is 11.6 Å². The Labute approximate surface area is 80.6 Å². The van der Waals surface area contributed by atoms with Crippen LogP contribution in [-0.2, 0) is 9.63 Å². The first kappa shape index (κ1) is 14.9. The van der Waals surface area contributed by atoms with E-state index in [1.165, 1.54) is 32.1 Å². The van der Waals surface area contributed by atoms with Gasteiger partial charge in [0, 0.05) is 0 Å². The molecule has 0 aromatic carbocycles. The average molecular weight is 190 g/mol. The van der Waals surface area contributed by atoms with Crippen LogP contribution >= 0.6 is 0 Å². The van der Waals surface area contributed by atoms with Crippen LogP contribution in [0, 0.1) is 0 Å². The van der Waals surface area contributed by atoms with Crippen LogP contribution in [0.15, 0.2) is 0 Å². The van der Waals surface area contributed by atoms with Crippen molar-refractivity contribution in [1.29, 1.82) is 0 Å². The molecular weight excluding hydrogens is 168 g/mol. The average Bonchev–Trinajstić information content (AvgIpc) is 2.10. The lowest BCUT2D eigenvalue weighted by molar-refractivity contribution is -0.120. The molecule has 0 saturated heterocycles. The molecule has 0 rings (SSSR count). The smallest absolute Gasteiger partial charge is 0.230 e. The minimum atomic E-state index is 0. The molecule has 0 aliphatic heterocycles. The van der Waals surface area contributed by atoms with Crippen LogP contribution < -0.4 is 11.6 Å². The zero-order valence-electron chi connectivity index (χ0n) is 8.55. The molecule has 0 bridgehead atoms. The van der Waals surface area contributed by atoms with Crippen LogP contribution in [0.25, 0.3) is 0 Å². The summed E-state index contributed by atoms with van der Waals surface area (Å²) in [6, 6.07) is 0. The molecule has 0 aromatic rings. The minimum Gasteiger partial charge on any atom is -0.344 e. The van der Waals surface area contributed by atoms with Gasteiger partial charge in [-0.25, -0.2) is 5.48 Å². The first-order valence-electron chi connectivity index (χ1n) is 4.72. The molecule has 0 aliphatic carbocycles. The molecule has 4 nitrogen and oxygen atoms in total. The van der Waals surface area contributed by atoms with Crippen molar-refractivity contribution < 1.29 is 9.63 Å². The zero-order chi connectivity index (χ0) is 9.07. The van der Waals surface area contributed by atoms with Gasteiger partial charge in [-0.3, -0.25) is 9.63 Å². The first-order valence-corrected chi connectivity index (χ1v) is 4.72. The summed E-state index contributed by atoms with van der Waals surface area (Å²) in [4.78, 5) is 14.5. The lowest BCUT2D eigenvalue weighted by Crippen LogP contribution is -2.12. The second kappa shape index (κ2) is 13.9. The fraction of sp³-hybridized carbons (Fsp3) is 0.889. The van der Waals surface area contributed by atoms with E-state index >= 15 is 0 Å². The van der Waals surface area contributed by atoms with Gasteiger partial charge in [0.25, 0.3) is 0 Å². The third kappa shape index (κ3) is 14.3. The predicted octanol–water partition coefficient (Wildman–Crippen LogP) is 2.19. The molecule has 0 heterocycles. The van der Waals surface area contributed by atoms with Crippen molar-refractivity contribution in [3.63, 3.8) is 0 Å². The van der Waals surface area contributed by atoms with Crippen LogP contribution in [-0.4, -0.2) is 13.0 Å². The van der Waals surface area contributed by atoms with Gasteiger partial charge >= 0.3 is 0 Å². The Hall–Kier alpha value is -0.610. The molecule has 0 saturated carbocycles. The Kier molecular flexibility index (Phi) is 16.0. The van der Waals surface area contributed by atoms with Gasteiger partial charge in [0.2, 0.25) is 6.41 Å². The summed E-state index contributed by atoms with van der Waals surface area (Å²) < 4.78 is 0. The predicted molar refractivity (Wildman–Crippen MR) is 53.5 cm³/mol. The Morgan fingerprint density at radius 3 is 2.38 bits per heavy atom. The molecule has 0 radical (unpaired) electrons. The zero-order valence-corrected chi connectivity index (χ0v) is 8.55. The van der Waals surface area contributed by atoms with Gasteiger partial charge in [-0.2, -0.15) is 0 Å². The summed E-state index contributed by atoms with van der Waals surface area (Å²) in [6.07, 6.45) is 7.98. The van der Waals surface area contributed by atoms with Gasteiger partial charge in [0.15, 0.2) is 0 Å². The van der Waals surface area contributed by atoms with Crippen LogP contribution in [0.1, 0.15) is 45.4 Å². The quantitative estimate of drug-likeness (QED) is 0.332. The van der Waals surface area contributed by atoms with Gasteiger partial charge in [0.1, 0.15) is 0 Å². The lowest BCUT2D eigenvalue weighted by atomic mass is 10.1. The number of hydrogen-bond acceptors (Lipinski definition) is 3. The summed E-state index contributed by atoms with van der Waals surface area (Å²) in [6.45, 7) is 2.84. The molecule has 0 unspecified atom stereocenters. The highest BCUT2D eigenvalue weighted by molar-refractivity contribution is 5.43. The van der Waals surface area contributed by atoms with Crippen molar-refractivity contribution in [3.05, 3.63) is 0 Å². The van der Waals surface area contributed by atoms with Crippen LogP contribution in [0.5, 0.6) is 0 Å². The fourth-order valence-corrected chi connectivity index (χ4v) is 1.05. The van der Waals surface area contributed by atoms with E-state index in [0.29, 0.717) is 13.0 Å². The second-order valence-electron chi connectivity index (χ2n) is 2.85. The van der Waals surface area contributed by atoms with E-state index in [1.807, 2.05) is 0 Å². The van der Waals surface area contributed by atoms with Crippen molar-refractivity contribution in [2.24, 2.45) is 0 Å². The number of carbonyl (C=O) groups is 1. The highest BCUT2D eigenvalue weighted by atomic mass is 16.6. The maximum atomic E-state index is 9.74. The van der Waals surface area contributed by atoms with E-state index in [0.717, 1.165) is 6.42 Å². The molecule has 4 heteroatoms. The van der Waals surface area contributed by atoms with Gasteiger partial charge in [0.05, 0.1) is 6.61 Å². The number of hydroxylamine groups is 1. The van der Waals surface area contributed by atoms with Gasteiger partial charge in [-0.1, -0.05) is 39.0 Å². The van der Waals surface area contributed by atoms with E-state index < -0.39 is 0 Å². The van der Waals surface area contributed by atoms with E-state index in [-0.39, 0.29) is 6.15 Å². The summed E-state index contributed by atoms with van der Waals surface area (Å²) in [5.74, 6) is 0. The van der Waals surface area contributed by atoms with E-state index in [1.54, 1.807) is 0 Å². The monoisotopic (exact) mass is 190 g/mol. The molecule has 0 aliphatic rings. The van der Waals surface area contributed by atoms with Gasteiger partial charge in [-0.05, 0) is 6.42 Å². The third-order valence-corrected chi connectivity index (χ3v) is 1.73. The summed E-state index contributed by atoms with van der Waals surface area (Å²) >= 11 is 0. The number of rotatable bonds is 9. The van der Waals surface area contributed by atoms with Gasteiger partial charge < -0.3 is 6.15 Å². The fourth-order valence-electron chi connectivity index (χ4n) is 1.05. The topological polar surface area (TPSA) is 73.3 Å². The molecule has 4 N–H and O–H groups in total. The van der Waals surface area contributed by atoms with Gasteiger partial charge in [-0.15, -0.1) is 0 Å². The van der Waals surface area contributed by atoms with Crippen LogP contribution in [0.3, 0.4) is 0 Å². The molecule has 0 fully saturated rings. The molecule has 0 aromatic heterocycles. The maximum Gasteiger partial charge on any atom is 0.230 e. The number of nitrogens with one attached hydrogen (secondary N) is 1. The summed E-state index contributed by atoms with van der Waals surface area (Å²) in [5.41, 5.74) is 2.17. The Bertz CT molecular complexity index is 99.6. The van der Waals surface area contributed by atoms with E-state index in [9.17, 15) is 4.79 Å². The second-order valence-corrected chi connectivity index (χ2v) is 2.85. The van der Waals surface area contributed by atoms with E-state index in [4.69, 9.17) is 4.84 Å². The van der Waals surface area contributed by atoms with Crippen molar-refractivity contribution in [2.45, 2.75) is 45.4 Å². The number of carbonyl (C=O) groups excluding carboxylic acids is 1. The van der Waals surface area contributed by atoms with Crippen molar-refractivity contribution in [2.75, 3.05) is 6.61 Å². The first-order chi connectivity index (χ1) is 5.91.